The minimum Gasteiger partial charge on any atom is -0.330 e. The van der Waals surface area contributed by atoms with E-state index in [1.54, 1.807) is 10.9 Å². The van der Waals surface area contributed by atoms with E-state index in [2.05, 4.69) is 15.1 Å². The second-order valence-corrected chi connectivity index (χ2v) is 5.22. The van der Waals surface area contributed by atoms with Crippen molar-refractivity contribution in [3.8, 4) is 0 Å². The molecule has 6 nitrogen and oxygen atoms in total. The number of aromatic nitrogens is 4. The Bertz CT molecular complexity index is 638. The maximum atomic E-state index is 12.7. The van der Waals surface area contributed by atoms with Gasteiger partial charge in [-0.25, -0.2) is 9.97 Å². The lowest BCUT2D eigenvalue weighted by molar-refractivity contribution is -0.135. The molecule has 1 aliphatic rings. The Morgan fingerprint density at radius 1 is 1.38 bits per heavy atom. The molecule has 1 atom stereocenters. The average molecular weight is 285 g/mol. The lowest BCUT2D eigenvalue weighted by atomic mass is 10.2. The standard InChI is InChI=1S/C15H19N5O/c1-3-13(20-7-5-6-17-20)15(21)19-9-11-8-16-14(4-2)18-12(11)10-19/h5-8,13H,3-4,9-10H2,1-2H3. The second kappa shape index (κ2) is 5.63. The molecule has 0 aliphatic carbocycles. The summed E-state index contributed by atoms with van der Waals surface area (Å²) in [4.78, 5) is 23.4. The Morgan fingerprint density at radius 3 is 2.90 bits per heavy atom. The first-order valence-electron chi connectivity index (χ1n) is 7.34. The first kappa shape index (κ1) is 13.7. The average Bonchev–Trinajstić information content (AvgIpc) is 3.16. The first-order chi connectivity index (χ1) is 10.2. The van der Waals surface area contributed by atoms with Crippen molar-refractivity contribution in [1.82, 2.24) is 24.6 Å². The third-order valence-corrected chi connectivity index (χ3v) is 3.85. The van der Waals surface area contributed by atoms with Crippen LogP contribution in [0.4, 0.5) is 0 Å². The van der Waals surface area contributed by atoms with Crippen molar-refractivity contribution < 1.29 is 4.79 Å². The van der Waals surface area contributed by atoms with E-state index in [-0.39, 0.29) is 11.9 Å². The van der Waals surface area contributed by atoms with Crippen molar-refractivity contribution in [2.24, 2.45) is 0 Å². The van der Waals surface area contributed by atoms with Crippen molar-refractivity contribution in [3.63, 3.8) is 0 Å². The monoisotopic (exact) mass is 285 g/mol. The summed E-state index contributed by atoms with van der Waals surface area (Å²) in [6, 6.07) is 1.60. The molecule has 0 fully saturated rings. The van der Waals surface area contributed by atoms with E-state index >= 15 is 0 Å². The highest BCUT2D eigenvalue weighted by Crippen LogP contribution is 2.24. The highest BCUT2D eigenvalue weighted by atomic mass is 16.2. The molecule has 6 heteroatoms. The van der Waals surface area contributed by atoms with Gasteiger partial charge in [0.2, 0.25) is 5.91 Å². The van der Waals surface area contributed by atoms with Gasteiger partial charge in [-0.3, -0.25) is 9.48 Å². The zero-order valence-corrected chi connectivity index (χ0v) is 12.4. The Balaban J connectivity index is 1.78. The van der Waals surface area contributed by atoms with Crippen molar-refractivity contribution in [1.29, 1.82) is 0 Å². The Kier molecular flexibility index (Phi) is 3.68. The normalized spacial score (nSPS) is 15.0. The molecule has 0 saturated carbocycles. The Labute approximate surface area is 123 Å². The summed E-state index contributed by atoms with van der Waals surface area (Å²) < 4.78 is 1.73. The fourth-order valence-electron chi connectivity index (χ4n) is 2.67. The minimum absolute atomic E-state index is 0.0947. The van der Waals surface area contributed by atoms with Crippen LogP contribution in [0.25, 0.3) is 0 Å². The zero-order chi connectivity index (χ0) is 14.8. The zero-order valence-electron chi connectivity index (χ0n) is 12.4. The van der Waals surface area contributed by atoms with E-state index in [4.69, 9.17) is 0 Å². The maximum Gasteiger partial charge on any atom is 0.248 e. The quantitative estimate of drug-likeness (QED) is 0.858. The molecule has 2 aromatic rings. The lowest BCUT2D eigenvalue weighted by Gasteiger charge is -2.22. The number of rotatable bonds is 4. The fraction of sp³-hybridized carbons (Fsp3) is 0.467. The van der Waals surface area contributed by atoms with Gasteiger partial charge in [-0.15, -0.1) is 0 Å². The fourth-order valence-corrected chi connectivity index (χ4v) is 2.67. The highest BCUT2D eigenvalue weighted by molar-refractivity contribution is 5.80. The molecule has 0 aromatic carbocycles. The number of carbonyl (C=O) groups is 1. The highest BCUT2D eigenvalue weighted by Gasteiger charge is 2.30. The van der Waals surface area contributed by atoms with Gasteiger partial charge < -0.3 is 4.90 Å². The predicted octanol–water partition coefficient (Wildman–Crippen LogP) is 1.73. The molecule has 0 N–H and O–H groups in total. The van der Waals surface area contributed by atoms with Gasteiger partial charge in [-0.2, -0.15) is 5.10 Å². The molecule has 1 amide bonds. The van der Waals surface area contributed by atoms with Crippen molar-refractivity contribution >= 4 is 5.91 Å². The summed E-state index contributed by atoms with van der Waals surface area (Å²) >= 11 is 0. The van der Waals surface area contributed by atoms with Gasteiger partial charge >= 0.3 is 0 Å². The number of hydrogen-bond donors (Lipinski definition) is 0. The van der Waals surface area contributed by atoms with Crippen LogP contribution in [0.3, 0.4) is 0 Å². The number of fused-ring (bicyclic) bond motifs is 1. The Hall–Kier alpha value is -2.24. The van der Waals surface area contributed by atoms with Crippen molar-refractivity contribution in [2.45, 2.75) is 45.8 Å². The van der Waals surface area contributed by atoms with Crippen molar-refractivity contribution in [3.05, 3.63) is 41.7 Å². The number of carbonyl (C=O) groups excluding carboxylic acids is 1. The summed E-state index contributed by atoms with van der Waals surface area (Å²) in [6.07, 6.45) is 6.92. The van der Waals surface area contributed by atoms with Crippen LogP contribution >= 0.6 is 0 Å². The van der Waals surface area contributed by atoms with Crippen LogP contribution in [0, 0.1) is 0 Å². The predicted molar refractivity (Wildman–Crippen MR) is 77.2 cm³/mol. The maximum absolute atomic E-state index is 12.7. The molecule has 3 heterocycles. The van der Waals surface area contributed by atoms with Crippen LogP contribution in [0.1, 0.15) is 43.4 Å². The summed E-state index contributed by atoms with van der Waals surface area (Å²) in [6.45, 7) is 5.20. The van der Waals surface area contributed by atoms with E-state index in [1.807, 2.05) is 37.2 Å². The smallest absolute Gasteiger partial charge is 0.248 e. The molecule has 3 rings (SSSR count). The molecule has 110 valence electrons. The van der Waals surface area contributed by atoms with Crippen molar-refractivity contribution in [2.75, 3.05) is 0 Å². The summed E-state index contributed by atoms with van der Waals surface area (Å²) in [5, 5.41) is 4.20. The number of hydrogen-bond acceptors (Lipinski definition) is 4. The van der Waals surface area contributed by atoms with E-state index in [0.29, 0.717) is 13.1 Å². The van der Waals surface area contributed by atoms with Crippen LogP contribution in [-0.4, -0.2) is 30.6 Å². The van der Waals surface area contributed by atoms with Crippen LogP contribution in [0.2, 0.25) is 0 Å². The van der Waals surface area contributed by atoms with Gasteiger partial charge in [0.05, 0.1) is 12.2 Å². The first-order valence-corrected chi connectivity index (χ1v) is 7.34. The molecule has 0 radical (unpaired) electrons. The van der Waals surface area contributed by atoms with E-state index in [9.17, 15) is 4.79 Å². The molecule has 21 heavy (non-hydrogen) atoms. The molecule has 2 aromatic heterocycles. The molecule has 0 saturated heterocycles. The number of amides is 1. The van der Waals surface area contributed by atoms with Crippen LogP contribution in [0.5, 0.6) is 0 Å². The molecule has 1 unspecified atom stereocenters. The molecular formula is C15H19N5O. The van der Waals surface area contributed by atoms with Gasteiger partial charge in [-0.1, -0.05) is 13.8 Å². The molecule has 0 spiro atoms. The third-order valence-electron chi connectivity index (χ3n) is 3.85. The third kappa shape index (κ3) is 2.53. The van der Waals surface area contributed by atoms with Gasteiger partial charge in [0.15, 0.2) is 0 Å². The Morgan fingerprint density at radius 2 is 2.24 bits per heavy atom. The van der Waals surface area contributed by atoms with Crippen LogP contribution in [-0.2, 0) is 24.3 Å². The lowest BCUT2D eigenvalue weighted by Crippen LogP contribution is -2.33. The molecule has 0 bridgehead atoms. The van der Waals surface area contributed by atoms with Gasteiger partial charge in [0.25, 0.3) is 0 Å². The van der Waals surface area contributed by atoms with Gasteiger partial charge in [0.1, 0.15) is 11.9 Å². The van der Waals surface area contributed by atoms with E-state index < -0.39 is 0 Å². The SMILES string of the molecule is CCc1ncc2c(n1)CN(C(=O)C(CC)n1cccn1)C2. The molecule has 1 aliphatic heterocycles. The largest absolute Gasteiger partial charge is 0.330 e. The molecular weight excluding hydrogens is 266 g/mol. The van der Waals surface area contributed by atoms with Crippen LogP contribution < -0.4 is 0 Å². The topological polar surface area (TPSA) is 63.9 Å². The van der Waals surface area contributed by atoms with Crippen LogP contribution in [0.15, 0.2) is 24.7 Å². The summed E-state index contributed by atoms with van der Waals surface area (Å²) in [5.74, 6) is 0.930. The summed E-state index contributed by atoms with van der Waals surface area (Å²) in [7, 11) is 0. The minimum atomic E-state index is -0.243. The van der Waals surface area contributed by atoms with E-state index in [1.165, 1.54) is 0 Å². The van der Waals surface area contributed by atoms with E-state index in [0.717, 1.165) is 29.9 Å². The number of nitrogens with zero attached hydrogens (tertiary/aromatic N) is 5. The van der Waals surface area contributed by atoms with Gasteiger partial charge in [-0.05, 0) is 12.5 Å². The number of aryl methyl sites for hydroxylation is 1. The summed E-state index contributed by atoms with van der Waals surface area (Å²) in [5.41, 5.74) is 2.03. The van der Waals surface area contributed by atoms with Gasteiger partial charge in [0, 0.05) is 37.1 Å². The second-order valence-electron chi connectivity index (χ2n) is 5.22.